The first kappa shape index (κ1) is 20.3. The van der Waals surface area contributed by atoms with Gasteiger partial charge in [-0.1, -0.05) is 82.8 Å². The van der Waals surface area contributed by atoms with Crippen molar-refractivity contribution in [3.63, 3.8) is 0 Å². The standard InChI is InChI=1S/C26H16Cl4N2/c27-17-5-1-15(2-6-17)25-21-11-9-19(29)13-23(21)32-26(25,16-3-7-18(28)8-4-16)22-12-10-20(30)14-24(22)31-25/h1-14,31-32H/t25-,26-/m1/s1. The molecule has 158 valence electrons. The minimum atomic E-state index is -0.668. The molecule has 0 radical (unpaired) electrons. The third-order valence-corrected chi connectivity index (χ3v) is 7.51. The Morgan fingerprint density at radius 2 is 0.781 bits per heavy atom. The predicted octanol–water partition coefficient (Wildman–Crippen LogP) is 8.34. The lowest BCUT2D eigenvalue weighted by molar-refractivity contribution is 0.439. The number of fused-ring (bicyclic) bond motifs is 5. The van der Waals surface area contributed by atoms with Crippen LogP contribution in [0.4, 0.5) is 11.4 Å². The average Bonchev–Trinajstić information content (AvgIpc) is 3.21. The number of halogens is 4. The highest BCUT2D eigenvalue weighted by Gasteiger charge is 2.65. The van der Waals surface area contributed by atoms with Crippen molar-refractivity contribution >= 4 is 57.8 Å². The number of nitrogens with one attached hydrogen (secondary N) is 2. The van der Waals surface area contributed by atoms with Crippen LogP contribution in [0.1, 0.15) is 22.3 Å². The van der Waals surface area contributed by atoms with Gasteiger partial charge in [0.2, 0.25) is 0 Å². The Hall–Kier alpha value is -2.36. The molecular weight excluding hydrogens is 482 g/mol. The lowest BCUT2D eigenvalue weighted by atomic mass is 9.66. The maximum atomic E-state index is 6.41. The van der Waals surface area contributed by atoms with E-state index in [-0.39, 0.29) is 0 Å². The van der Waals surface area contributed by atoms with E-state index < -0.39 is 11.1 Å². The minimum Gasteiger partial charge on any atom is -0.369 e. The first-order valence-corrected chi connectivity index (χ1v) is 11.6. The lowest BCUT2D eigenvalue weighted by Crippen LogP contribution is -2.51. The quantitative estimate of drug-likeness (QED) is 0.290. The van der Waals surface area contributed by atoms with E-state index in [1.165, 1.54) is 0 Å². The third-order valence-electron chi connectivity index (χ3n) is 6.53. The van der Waals surface area contributed by atoms with Gasteiger partial charge in [0.1, 0.15) is 11.1 Å². The predicted molar refractivity (Wildman–Crippen MR) is 135 cm³/mol. The molecule has 0 unspecified atom stereocenters. The van der Waals surface area contributed by atoms with E-state index in [9.17, 15) is 0 Å². The van der Waals surface area contributed by atoms with Crippen LogP contribution in [0, 0.1) is 0 Å². The molecular formula is C26H16Cl4N2. The van der Waals surface area contributed by atoms with E-state index in [1.54, 1.807) is 0 Å². The molecule has 0 saturated carbocycles. The highest BCUT2D eigenvalue weighted by Crippen LogP contribution is 2.64. The maximum absolute atomic E-state index is 6.41. The van der Waals surface area contributed by atoms with Crippen molar-refractivity contribution in [1.29, 1.82) is 0 Å². The number of hydrogen-bond acceptors (Lipinski definition) is 2. The first-order valence-electron chi connectivity index (χ1n) is 10.1. The van der Waals surface area contributed by atoms with Crippen molar-refractivity contribution in [3.8, 4) is 0 Å². The molecule has 4 aromatic rings. The van der Waals surface area contributed by atoms with Crippen molar-refractivity contribution in [2.75, 3.05) is 10.6 Å². The molecule has 2 atom stereocenters. The van der Waals surface area contributed by atoms with Gasteiger partial charge in [-0.15, -0.1) is 0 Å². The summed E-state index contributed by atoms with van der Waals surface area (Å²) in [6.07, 6.45) is 0. The highest BCUT2D eigenvalue weighted by atomic mass is 35.5. The molecule has 2 nitrogen and oxygen atoms in total. The van der Waals surface area contributed by atoms with Crippen molar-refractivity contribution in [2.45, 2.75) is 11.1 Å². The molecule has 0 fully saturated rings. The zero-order valence-corrected chi connectivity index (χ0v) is 19.6. The third kappa shape index (κ3) is 2.61. The Kier molecular flexibility index (Phi) is 4.48. The Labute approximate surface area is 206 Å². The van der Waals surface area contributed by atoms with Gasteiger partial charge in [-0.25, -0.2) is 0 Å². The molecule has 32 heavy (non-hydrogen) atoms. The molecule has 2 aliphatic rings. The Bertz CT molecular complexity index is 1260. The SMILES string of the molecule is Clc1ccc([C@]23Nc4cc(Cl)ccc4[C@@]2(c2ccc(Cl)cc2)Nc2cc(Cl)ccc23)cc1. The van der Waals surface area contributed by atoms with Gasteiger partial charge in [0.15, 0.2) is 0 Å². The fourth-order valence-corrected chi connectivity index (χ4v) is 5.91. The van der Waals surface area contributed by atoms with Gasteiger partial charge in [-0.3, -0.25) is 0 Å². The second-order valence-corrected chi connectivity index (χ2v) is 9.89. The first-order chi connectivity index (χ1) is 15.4. The van der Waals surface area contributed by atoms with Gasteiger partial charge in [0, 0.05) is 42.6 Å². The smallest absolute Gasteiger partial charge is 0.122 e. The molecule has 6 rings (SSSR count). The fourth-order valence-electron chi connectivity index (χ4n) is 5.31. The summed E-state index contributed by atoms with van der Waals surface area (Å²) in [5, 5.41) is 10.4. The largest absolute Gasteiger partial charge is 0.369 e. The molecule has 2 N–H and O–H groups in total. The summed E-state index contributed by atoms with van der Waals surface area (Å²) < 4.78 is 0. The summed E-state index contributed by atoms with van der Waals surface area (Å²) >= 11 is 25.4. The van der Waals surface area contributed by atoms with Crippen molar-refractivity contribution in [1.82, 2.24) is 0 Å². The average molecular weight is 498 g/mol. The van der Waals surface area contributed by atoms with Crippen molar-refractivity contribution in [2.24, 2.45) is 0 Å². The summed E-state index contributed by atoms with van der Waals surface area (Å²) in [5.41, 5.74) is 4.91. The summed E-state index contributed by atoms with van der Waals surface area (Å²) in [6.45, 7) is 0. The van der Waals surface area contributed by atoms with Crippen LogP contribution in [0.5, 0.6) is 0 Å². The summed E-state index contributed by atoms with van der Waals surface area (Å²) in [7, 11) is 0. The summed E-state index contributed by atoms with van der Waals surface area (Å²) in [6, 6.07) is 27.9. The molecule has 0 aliphatic carbocycles. The van der Waals surface area contributed by atoms with E-state index in [1.807, 2.05) is 48.5 Å². The van der Waals surface area contributed by atoms with E-state index in [2.05, 4.69) is 47.0 Å². The molecule has 0 amide bonds. The number of anilines is 2. The van der Waals surface area contributed by atoms with Crippen LogP contribution in [-0.4, -0.2) is 0 Å². The van der Waals surface area contributed by atoms with E-state index in [0.717, 1.165) is 33.6 Å². The van der Waals surface area contributed by atoms with Gasteiger partial charge in [0.25, 0.3) is 0 Å². The van der Waals surface area contributed by atoms with Gasteiger partial charge in [-0.05, 0) is 59.7 Å². The van der Waals surface area contributed by atoms with E-state index in [4.69, 9.17) is 46.4 Å². The molecule has 0 spiro atoms. The van der Waals surface area contributed by atoms with Crippen molar-refractivity contribution < 1.29 is 0 Å². The van der Waals surface area contributed by atoms with E-state index >= 15 is 0 Å². The number of benzene rings is 4. The van der Waals surface area contributed by atoms with Gasteiger partial charge in [0.05, 0.1) is 0 Å². The van der Waals surface area contributed by atoms with Crippen LogP contribution in [0.15, 0.2) is 84.9 Å². The maximum Gasteiger partial charge on any atom is 0.122 e. The highest BCUT2D eigenvalue weighted by molar-refractivity contribution is 6.31. The molecule has 4 aromatic carbocycles. The minimum absolute atomic E-state index is 0.668. The normalized spacial score (nSPS) is 22.5. The van der Waals surface area contributed by atoms with Crippen LogP contribution in [0.3, 0.4) is 0 Å². The Morgan fingerprint density at radius 1 is 0.438 bits per heavy atom. The molecule has 0 saturated heterocycles. The fraction of sp³-hybridized carbons (Fsp3) is 0.0769. The molecule has 0 bridgehead atoms. The summed E-state index contributed by atoms with van der Waals surface area (Å²) in [5.74, 6) is 0. The van der Waals surface area contributed by atoms with Crippen LogP contribution in [0.2, 0.25) is 20.1 Å². The van der Waals surface area contributed by atoms with E-state index in [0.29, 0.717) is 20.1 Å². The number of hydrogen-bond donors (Lipinski definition) is 2. The lowest BCUT2D eigenvalue weighted by Gasteiger charge is -2.42. The van der Waals surface area contributed by atoms with Gasteiger partial charge >= 0.3 is 0 Å². The van der Waals surface area contributed by atoms with Crippen molar-refractivity contribution in [3.05, 3.63) is 127 Å². The Morgan fingerprint density at radius 3 is 1.16 bits per heavy atom. The van der Waals surface area contributed by atoms with Crippen LogP contribution < -0.4 is 10.6 Å². The van der Waals surface area contributed by atoms with Gasteiger partial charge in [-0.2, -0.15) is 0 Å². The molecule has 6 heteroatoms. The molecule has 2 aliphatic heterocycles. The molecule has 0 aromatic heterocycles. The van der Waals surface area contributed by atoms with Crippen LogP contribution in [-0.2, 0) is 11.1 Å². The zero-order chi connectivity index (χ0) is 22.1. The number of rotatable bonds is 2. The topological polar surface area (TPSA) is 24.1 Å². The summed E-state index contributed by atoms with van der Waals surface area (Å²) in [4.78, 5) is 0. The molecule has 2 heterocycles. The zero-order valence-electron chi connectivity index (χ0n) is 16.6. The second kappa shape index (κ2) is 7.07. The Balaban J connectivity index is 1.76. The van der Waals surface area contributed by atoms with Crippen LogP contribution in [0.25, 0.3) is 0 Å². The van der Waals surface area contributed by atoms with Gasteiger partial charge < -0.3 is 10.6 Å². The van der Waals surface area contributed by atoms with Crippen LogP contribution >= 0.6 is 46.4 Å². The second-order valence-electron chi connectivity index (χ2n) is 8.14. The monoisotopic (exact) mass is 496 g/mol.